The minimum atomic E-state index is -1.52. The summed E-state index contributed by atoms with van der Waals surface area (Å²) >= 11 is 0. The number of ether oxygens (including phenoxy) is 1. The highest BCUT2D eigenvalue weighted by Gasteiger charge is 2.44. The largest absolute Gasteiger partial charge is 0.455 e. The van der Waals surface area contributed by atoms with Gasteiger partial charge < -0.3 is 20.1 Å². The molecule has 1 aliphatic rings. The van der Waals surface area contributed by atoms with E-state index < -0.39 is 30.4 Å². The quantitative estimate of drug-likeness (QED) is 0.389. The van der Waals surface area contributed by atoms with Crippen molar-refractivity contribution in [3.8, 4) is 0 Å². The zero-order chi connectivity index (χ0) is 8.59. The third-order valence-corrected chi connectivity index (χ3v) is 1.63. The maximum atomic E-state index is 10.6. The van der Waals surface area contributed by atoms with Gasteiger partial charge in [0.15, 0.2) is 12.2 Å². The second-order valence-electron chi connectivity index (χ2n) is 2.58. The summed E-state index contributed by atoms with van der Waals surface area (Å²) in [7, 11) is 0. The third-order valence-electron chi connectivity index (χ3n) is 1.63. The molecule has 0 bridgehead atoms. The van der Waals surface area contributed by atoms with Crippen molar-refractivity contribution in [1.82, 2.24) is 0 Å². The topological polar surface area (TPSA) is 87.0 Å². The molecule has 1 heterocycles. The maximum Gasteiger partial charge on any atom is 0.338 e. The molecular weight excluding hydrogens is 152 g/mol. The molecule has 11 heavy (non-hydrogen) atoms. The first-order chi connectivity index (χ1) is 5.04. The van der Waals surface area contributed by atoms with Crippen LogP contribution in [-0.4, -0.2) is 45.7 Å². The van der Waals surface area contributed by atoms with Crippen LogP contribution in [-0.2, 0) is 9.53 Å². The Kier molecular flexibility index (Phi) is 2.12. The van der Waals surface area contributed by atoms with Gasteiger partial charge in [-0.2, -0.15) is 0 Å². The fourth-order valence-electron chi connectivity index (χ4n) is 0.976. The standard InChI is InChI=1S/C6H10O5/c1-2(7)5-3(8)4(9)6(10)11-5/h2-5,7-9H,1H3/t2-,3?,4+,5+/m0/s1. The summed E-state index contributed by atoms with van der Waals surface area (Å²) in [5.41, 5.74) is 0. The minimum Gasteiger partial charge on any atom is -0.455 e. The van der Waals surface area contributed by atoms with E-state index in [-0.39, 0.29) is 0 Å². The first kappa shape index (κ1) is 8.45. The van der Waals surface area contributed by atoms with Crippen molar-refractivity contribution in [3.05, 3.63) is 0 Å². The van der Waals surface area contributed by atoms with Crippen molar-refractivity contribution in [1.29, 1.82) is 0 Å². The average Bonchev–Trinajstić information content (AvgIpc) is 2.17. The molecule has 5 heteroatoms. The predicted octanol–water partition coefficient (Wildman–Crippen LogP) is -1.99. The molecule has 0 aromatic carbocycles. The normalized spacial score (nSPS) is 40.4. The van der Waals surface area contributed by atoms with Gasteiger partial charge >= 0.3 is 5.97 Å². The maximum absolute atomic E-state index is 10.6. The zero-order valence-corrected chi connectivity index (χ0v) is 5.97. The predicted molar refractivity (Wildman–Crippen MR) is 33.6 cm³/mol. The zero-order valence-electron chi connectivity index (χ0n) is 5.97. The molecule has 4 atom stereocenters. The molecule has 0 aromatic heterocycles. The minimum absolute atomic E-state index is 0.886. The Balaban J connectivity index is 2.67. The lowest BCUT2D eigenvalue weighted by atomic mass is 10.1. The van der Waals surface area contributed by atoms with E-state index in [1.807, 2.05) is 0 Å². The lowest BCUT2D eigenvalue weighted by Crippen LogP contribution is -2.37. The summed E-state index contributed by atoms with van der Waals surface area (Å²) < 4.78 is 4.46. The van der Waals surface area contributed by atoms with Crippen LogP contribution in [0.5, 0.6) is 0 Å². The van der Waals surface area contributed by atoms with Crippen LogP contribution in [0.15, 0.2) is 0 Å². The van der Waals surface area contributed by atoms with Crippen molar-refractivity contribution < 1.29 is 24.9 Å². The SMILES string of the molecule is C[C@H](O)[C@H]1OC(=O)[C@H](O)C1O. The average molecular weight is 162 g/mol. The first-order valence-corrected chi connectivity index (χ1v) is 3.28. The summed E-state index contributed by atoms with van der Waals surface area (Å²) in [5, 5.41) is 26.8. The number of esters is 1. The Hall–Kier alpha value is -0.650. The van der Waals surface area contributed by atoms with Gasteiger partial charge in [0.2, 0.25) is 0 Å². The van der Waals surface area contributed by atoms with Crippen molar-refractivity contribution in [2.24, 2.45) is 0 Å². The molecule has 0 spiro atoms. The molecule has 5 nitrogen and oxygen atoms in total. The smallest absolute Gasteiger partial charge is 0.338 e. The van der Waals surface area contributed by atoms with Gasteiger partial charge in [-0.15, -0.1) is 0 Å². The van der Waals surface area contributed by atoms with Crippen LogP contribution in [0.25, 0.3) is 0 Å². The summed E-state index contributed by atoms with van der Waals surface area (Å²) in [4.78, 5) is 10.6. The summed E-state index contributed by atoms with van der Waals surface area (Å²) in [6.45, 7) is 1.37. The van der Waals surface area contributed by atoms with Crippen LogP contribution in [0.2, 0.25) is 0 Å². The highest BCUT2D eigenvalue weighted by atomic mass is 16.6. The molecule has 64 valence electrons. The highest BCUT2D eigenvalue weighted by Crippen LogP contribution is 2.18. The summed E-state index contributed by atoms with van der Waals surface area (Å²) in [6.07, 6.45) is -4.80. The number of hydrogen-bond acceptors (Lipinski definition) is 5. The summed E-state index contributed by atoms with van der Waals surface area (Å²) in [6, 6.07) is 0. The van der Waals surface area contributed by atoms with Gasteiger partial charge in [-0.1, -0.05) is 0 Å². The van der Waals surface area contributed by atoms with Crippen LogP contribution >= 0.6 is 0 Å². The van der Waals surface area contributed by atoms with Crippen LogP contribution in [0, 0.1) is 0 Å². The first-order valence-electron chi connectivity index (χ1n) is 3.28. The number of cyclic esters (lactones) is 1. The fourth-order valence-corrected chi connectivity index (χ4v) is 0.976. The fraction of sp³-hybridized carbons (Fsp3) is 0.833. The van der Waals surface area contributed by atoms with Gasteiger partial charge in [-0.05, 0) is 6.92 Å². The molecule has 1 unspecified atom stereocenters. The molecule has 0 amide bonds. The number of aliphatic hydroxyl groups excluding tert-OH is 3. The molecule has 1 aliphatic heterocycles. The van der Waals surface area contributed by atoms with Crippen molar-refractivity contribution in [3.63, 3.8) is 0 Å². The van der Waals surface area contributed by atoms with E-state index in [1.165, 1.54) is 6.92 Å². The van der Waals surface area contributed by atoms with Crippen LogP contribution in [0.3, 0.4) is 0 Å². The van der Waals surface area contributed by atoms with Gasteiger partial charge in [-0.3, -0.25) is 0 Å². The van der Waals surface area contributed by atoms with Crippen molar-refractivity contribution in [2.75, 3.05) is 0 Å². The van der Waals surface area contributed by atoms with Gasteiger partial charge in [0.05, 0.1) is 6.10 Å². The molecule has 0 radical (unpaired) electrons. The monoisotopic (exact) mass is 162 g/mol. The Morgan fingerprint density at radius 1 is 1.55 bits per heavy atom. The van der Waals surface area contributed by atoms with Crippen molar-refractivity contribution in [2.45, 2.75) is 31.3 Å². The Bertz CT molecular complexity index is 166. The van der Waals surface area contributed by atoms with E-state index in [0.717, 1.165) is 0 Å². The van der Waals surface area contributed by atoms with Gasteiger partial charge in [-0.25, -0.2) is 4.79 Å². The van der Waals surface area contributed by atoms with Gasteiger partial charge in [0, 0.05) is 0 Å². The molecule has 0 saturated carbocycles. The highest BCUT2D eigenvalue weighted by molar-refractivity contribution is 5.77. The van der Waals surface area contributed by atoms with Gasteiger partial charge in [0.25, 0.3) is 0 Å². The van der Waals surface area contributed by atoms with E-state index in [1.54, 1.807) is 0 Å². The molecule has 0 aromatic rings. The Morgan fingerprint density at radius 3 is 2.27 bits per heavy atom. The second-order valence-corrected chi connectivity index (χ2v) is 2.58. The van der Waals surface area contributed by atoms with Crippen LogP contribution in [0.1, 0.15) is 6.92 Å². The number of carbonyl (C=O) groups is 1. The molecule has 1 fully saturated rings. The molecule has 1 saturated heterocycles. The summed E-state index contributed by atoms with van der Waals surface area (Å²) in [5.74, 6) is -0.886. The van der Waals surface area contributed by atoms with Crippen LogP contribution < -0.4 is 0 Å². The molecule has 0 aliphatic carbocycles. The van der Waals surface area contributed by atoms with E-state index in [0.29, 0.717) is 0 Å². The van der Waals surface area contributed by atoms with E-state index in [4.69, 9.17) is 15.3 Å². The third kappa shape index (κ3) is 1.35. The number of carbonyl (C=O) groups excluding carboxylic acids is 1. The number of aliphatic hydroxyl groups is 3. The molecule has 3 N–H and O–H groups in total. The number of hydrogen-bond donors (Lipinski definition) is 3. The van der Waals surface area contributed by atoms with Crippen molar-refractivity contribution >= 4 is 5.97 Å². The van der Waals surface area contributed by atoms with Crippen LogP contribution in [0.4, 0.5) is 0 Å². The Labute approximate surface area is 63.2 Å². The van der Waals surface area contributed by atoms with E-state index in [2.05, 4.69) is 4.74 Å². The molecule has 1 rings (SSSR count). The lowest BCUT2D eigenvalue weighted by molar-refractivity contribution is -0.150. The second kappa shape index (κ2) is 2.77. The molecular formula is C6H10O5. The van der Waals surface area contributed by atoms with E-state index in [9.17, 15) is 4.79 Å². The van der Waals surface area contributed by atoms with E-state index >= 15 is 0 Å². The lowest BCUT2D eigenvalue weighted by Gasteiger charge is -2.15. The Morgan fingerprint density at radius 2 is 2.09 bits per heavy atom. The van der Waals surface area contributed by atoms with Gasteiger partial charge in [0.1, 0.15) is 6.10 Å². The number of rotatable bonds is 1.